The monoisotopic (exact) mass is 275 g/mol. The normalized spacial score (nSPS) is 10.5. The highest BCUT2D eigenvalue weighted by Gasteiger charge is 2.14. The molecule has 0 bridgehead atoms. The Labute approximate surface area is 109 Å². The zero-order valence-electron chi connectivity index (χ0n) is 10.6. The van der Waals surface area contributed by atoms with Gasteiger partial charge in [0.15, 0.2) is 17.5 Å². The van der Waals surface area contributed by atoms with Gasteiger partial charge in [-0.2, -0.15) is 0 Å². The van der Waals surface area contributed by atoms with E-state index in [0.717, 1.165) is 6.42 Å². The Balaban J connectivity index is 2.42. The third kappa shape index (κ3) is 4.90. The summed E-state index contributed by atoms with van der Waals surface area (Å²) in [5.41, 5.74) is -0.245. The van der Waals surface area contributed by atoms with Crippen LogP contribution in [0.3, 0.4) is 0 Å². The van der Waals surface area contributed by atoms with E-state index in [1.165, 1.54) is 0 Å². The quantitative estimate of drug-likeness (QED) is 0.613. The maximum atomic E-state index is 12.9. The molecule has 0 aliphatic heterocycles. The van der Waals surface area contributed by atoms with Crippen LogP contribution in [-0.4, -0.2) is 25.7 Å². The van der Waals surface area contributed by atoms with Crippen molar-refractivity contribution in [2.45, 2.75) is 19.8 Å². The van der Waals surface area contributed by atoms with E-state index >= 15 is 0 Å². The lowest BCUT2D eigenvalue weighted by molar-refractivity contribution is 0.0940. The predicted octanol–water partition coefficient (Wildman–Crippen LogP) is 2.65. The Morgan fingerprint density at radius 2 is 1.84 bits per heavy atom. The van der Waals surface area contributed by atoms with Crippen molar-refractivity contribution in [2.24, 2.45) is 0 Å². The van der Waals surface area contributed by atoms with E-state index in [0.29, 0.717) is 38.3 Å². The van der Waals surface area contributed by atoms with Crippen molar-refractivity contribution in [1.29, 1.82) is 0 Å². The summed E-state index contributed by atoms with van der Waals surface area (Å²) in [4.78, 5) is 11.5. The van der Waals surface area contributed by atoms with Gasteiger partial charge in [0, 0.05) is 25.3 Å². The Hall–Kier alpha value is -1.56. The second kappa shape index (κ2) is 7.78. The lowest BCUT2D eigenvalue weighted by Gasteiger charge is -2.06. The number of rotatable bonds is 7. The summed E-state index contributed by atoms with van der Waals surface area (Å²) >= 11 is 0. The lowest BCUT2D eigenvalue weighted by atomic mass is 10.2. The third-order valence-corrected chi connectivity index (χ3v) is 2.35. The Morgan fingerprint density at radius 1 is 1.21 bits per heavy atom. The summed E-state index contributed by atoms with van der Waals surface area (Å²) in [7, 11) is 0. The number of halogens is 3. The van der Waals surface area contributed by atoms with Crippen LogP contribution in [0.15, 0.2) is 12.1 Å². The second-order valence-corrected chi connectivity index (χ2v) is 3.98. The van der Waals surface area contributed by atoms with Crippen LogP contribution in [0.1, 0.15) is 30.1 Å². The molecule has 0 atom stereocenters. The van der Waals surface area contributed by atoms with Gasteiger partial charge in [-0.3, -0.25) is 4.79 Å². The molecular weight excluding hydrogens is 259 g/mol. The highest BCUT2D eigenvalue weighted by Crippen LogP contribution is 2.13. The van der Waals surface area contributed by atoms with Gasteiger partial charge < -0.3 is 10.1 Å². The van der Waals surface area contributed by atoms with Crippen molar-refractivity contribution >= 4 is 5.91 Å². The van der Waals surface area contributed by atoms with Crippen LogP contribution in [0.2, 0.25) is 0 Å². The van der Waals surface area contributed by atoms with Crippen LogP contribution in [0, 0.1) is 17.5 Å². The SMILES string of the molecule is CCCOCCCNC(=O)c1cc(F)c(F)c(F)c1. The first-order valence-corrected chi connectivity index (χ1v) is 6.06. The Kier molecular flexibility index (Phi) is 6.35. The zero-order chi connectivity index (χ0) is 14.3. The minimum atomic E-state index is -1.58. The van der Waals surface area contributed by atoms with Crippen molar-refractivity contribution in [3.8, 4) is 0 Å². The molecule has 106 valence electrons. The molecule has 1 N–H and O–H groups in total. The molecule has 3 nitrogen and oxygen atoms in total. The maximum absolute atomic E-state index is 12.9. The van der Waals surface area contributed by atoms with Crippen molar-refractivity contribution in [1.82, 2.24) is 5.32 Å². The maximum Gasteiger partial charge on any atom is 0.251 e. The van der Waals surface area contributed by atoms with E-state index in [1.807, 2.05) is 6.92 Å². The number of amides is 1. The molecule has 0 saturated carbocycles. The average Bonchev–Trinajstić information content (AvgIpc) is 2.39. The molecule has 6 heteroatoms. The molecule has 0 unspecified atom stereocenters. The summed E-state index contributed by atoms with van der Waals surface area (Å²) < 4.78 is 43.7. The zero-order valence-corrected chi connectivity index (χ0v) is 10.6. The fourth-order valence-electron chi connectivity index (χ4n) is 1.41. The summed E-state index contributed by atoms with van der Waals surface area (Å²) in [6.45, 7) is 3.46. The number of benzene rings is 1. The molecule has 1 amide bonds. The molecule has 0 spiro atoms. The fraction of sp³-hybridized carbons (Fsp3) is 0.462. The van der Waals surface area contributed by atoms with E-state index in [4.69, 9.17) is 4.74 Å². The Bertz CT molecular complexity index is 415. The molecule has 0 aliphatic rings. The van der Waals surface area contributed by atoms with Crippen molar-refractivity contribution in [3.63, 3.8) is 0 Å². The van der Waals surface area contributed by atoms with E-state index in [2.05, 4.69) is 5.32 Å². The Morgan fingerprint density at radius 3 is 2.42 bits per heavy atom. The summed E-state index contributed by atoms with van der Waals surface area (Å²) in [5, 5.41) is 2.48. The van der Waals surface area contributed by atoms with Crippen LogP contribution in [0.4, 0.5) is 13.2 Å². The predicted molar refractivity (Wildman–Crippen MR) is 64.4 cm³/mol. The van der Waals surface area contributed by atoms with Crippen LogP contribution < -0.4 is 5.32 Å². The van der Waals surface area contributed by atoms with Gasteiger partial charge in [0.05, 0.1) is 0 Å². The molecule has 0 heterocycles. The number of carbonyl (C=O) groups is 1. The molecule has 19 heavy (non-hydrogen) atoms. The molecular formula is C13H16F3NO2. The molecule has 0 aliphatic carbocycles. The van der Waals surface area contributed by atoms with E-state index in [-0.39, 0.29) is 5.56 Å². The van der Waals surface area contributed by atoms with Crippen LogP contribution in [-0.2, 0) is 4.74 Å². The standard InChI is InChI=1S/C13H16F3NO2/c1-2-5-19-6-3-4-17-13(18)9-7-10(14)12(16)11(15)8-9/h7-8H,2-6H2,1H3,(H,17,18). The van der Waals surface area contributed by atoms with Gasteiger partial charge in [0.1, 0.15) is 0 Å². The fourth-order valence-corrected chi connectivity index (χ4v) is 1.41. The molecule has 0 aromatic heterocycles. The second-order valence-electron chi connectivity index (χ2n) is 3.98. The first-order valence-electron chi connectivity index (χ1n) is 6.06. The molecule has 1 aromatic rings. The van der Waals surface area contributed by atoms with Gasteiger partial charge in [-0.15, -0.1) is 0 Å². The number of ether oxygens (including phenoxy) is 1. The average molecular weight is 275 g/mol. The molecule has 0 fully saturated rings. The van der Waals surface area contributed by atoms with Crippen molar-refractivity contribution in [3.05, 3.63) is 35.1 Å². The van der Waals surface area contributed by atoms with Crippen LogP contribution in [0.25, 0.3) is 0 Å². The number of nitrogens with one attached hydrogen (secondary N) is 1. The largest absolute Gasteiger partial charge is 0.381 e. The van der Waals surface area contributed by atoms with Crippen molar-refractivity contribution < 1.29 is 22.7 Å². The molecule has 0 saturated heterocycles. The molecule has 0 radical (unpaired) electrons. The van der Waals surface area contributed by atoms with Gasteiger partial charge in [0.25, 0.3) is 5.91 Å². The number of hydrogen-bond donors (Lipinski definition) is 1. The van der Waals surface area contributed by atoms with E-state index in [1.54, 1.807) is 0 Å². The summed E-state index contributed by atoms with van der Waals surface area (Å²) in [6.07, 6.45) is 1.51. The van der Waals surface area contributed by atoms with Crippen LogP contribution in [0.5, 0.6) is 0 Å². The molecule has 1 rings (SSSR count). The highest BCUT2D eigenvalue weighted by atomic mass is 19.2. The van der Waals surface area contributed by atoms with Crippen LogP contribution >= 0.6 is 0 Å². The van der Waals surface area contributed by atoms with Gasteiger partial charge in [-0.05, 0) is 25.0 Å². The minimum absolute atomic E-state index is 0.245. The van der Waals surface area contributed by atoms with Crippen molar-refractivity contribution in [2.75, 3.05) is 19.8 Å². The smallest absolute Gasteiger partial charge is 0.251 e. The highest BCUT2D eigenvalue weighted by molar-refractivity contribution is 5.94. The summed E-state index contributed by atoms with van der Waals surface area (Å²) in [5.74, 6) is -4.98. The van der Waals surface area contributed by atoms with Gasteiger partial charge in [-0.1, -0.05) is 6.92 Å². The van der Waals surface area contributed by atoms with E-state index in [9.17, 15) is 18.0 Å². The van der Waals surface area contributed by atoms with Gasteiger partial charge >= 0.3 is 0 Å². The summed E-state index contributed by atoms with van der Waals surface area (Å²) in [6, 6.07) is 1.34. The van der Waals surface area contributed by atoms with E-state index < -0.39 is 23.4 Å². The number of hydrogen-bond acceptors (Lipinski definition) is 2. The van der Waals surface area contributed by atoms with Gasteiger partial charge in [-0.25, -0.2) is 13.2 Å². The minimum Gasteiger partial charge on any atom is -0.381 e. The molecule has 1 aromatic carbocycles. The first kappa shape index (κ1) is 15.5. The lowest BCUT2D eigenvalue weighted by Crippen LogP contribution is -2.25. The topological polar surface area (TPSA) is 38.3 Å². The third-order valence-electron chi connectivity index (χ3n) is 2.35. The number of carbonyl (C=O) groups excluding carboxylic acids is 1. The first-order chi connectivity index (χ1) is 9.06. The van der Waals surface area contributed by atoms with Gasteiger partial charge in [0.2, 0.25) is 0 Å².